The molecule has 0 heteroatoms. The maximum absolute atomic E-state index is 2.44. The smallest absolute Gasteiger partial charge is 0.0619 e. The Morgan fingerprint density at radius 2 is 0.328 bits per heavy atom. The monoisotopic (exact) mass is 1620 g/mol. The van der Waals surface area contributed by atoms with Crippen LogP contribution in [0, 0.1) is 27.7 Å². The lowest BCUT2D eigenvalue weighted by atomic mass is 9.68. The van der Waals surface area contributed by atoms with Gasteiger partial charge in [0.1, 0.15) is 0 Å². The van der Waals surface area contributed by atoms with Crippen molar-refractivity contribution in [3.05, 3.63) is 572 Å². The van der Waals surface area contributed by atoms with Crippen molar-refractivity contribution in [1.82, 2.24) is 0 Å². The lowest BCUT2D eigenvalue weighted by Gasteiger charge is -2.32. The molecule has 0 saturated carbocycles. The molecule has 0 aromatic heterocycles. The number of hydrogen-bond donors (Lipinski definition) is 0. The van der Waals surface area contributed by atoms with E-state index >= 15 is 0 Å². The minimum absolute atomic E-state index is 0.245. The Morgan fingerprint density at radius 3 is 0.695 bits per heavy atom. The fraction of sp³-hybridized carbons (Fsp3) is 0.0625. The van der Waals surface area contributed by atoms with E-state index in [2.05, 4.69) is 489 Å². The lowest BCUT2D eigenvalue weighted by Crippen LogP contribution is -2.26. The average molecular weight is 1630 g/mol. The maximum Gasteiger partial charge on any atom is 0.0731 e. The molecular weight excluding hydrogens is 1540 g/mol. The predicted molar refractivity (Wildman–Crippen MR) is 532 cm³/mol. The molecule has 0 aliphatic heterocycles. The summed E-state index contributed by atoms with van der Waals surface area (Å²) < 4.78 is 0. The Hall–Kier alpha value is -15.6. The normalized spacial score (nSPS) is 14.0. The fourth-order valence-corrected chi connectivity index (χ4v) is 24.3. The van der Waals surface area contributed by atoms with E-state index in [0.717, 1.165) is 0 Å². The highest BCUT2D eigenvalue weighted by Gasteiger charge is 2.57. The summed E-state index contributed by atoms with van der Waals surface area (Å²) in [7, 11) is 0. The third-order valence-corrected chi connectivity index (χ3v) is 29.5. The van der Waals surface area contributed by atoms with Gasteiger partial charge in [0.05, 0.1) is 21.7 Å². The second-order valence-electron chi connectivity index (χ2n) is 36.0. The van der Waals surface area contributed by atoms with E-state index in [9.17, 15) is 0 Å². The van der Waals surface area contributed by atoms with Crippen LogP contribution in [0.25, 0.3) is 134 Å². The summed E-state index contributed by atoms with van der Waals surface area (Å²) in [5.74, 6) is 0. The highest BCUT2D eigenvalue weighted by Crippen LogP contribution is 2.69. The van der Waals surface area contributed by atoms with Crippen LogP contribution >= 0.6 is 0 Å². The second-order valence-corrected chi connectivity index (χ2v) is 36.0. The summed E-state index contributed by atoms with van der Waals surface area (Å²) in [5.41, 5.74) is 58.4. The molecule has 600 valence electrons. The van der Waals surface area contributed by atoms with E-state index in [0.29, 0.717) is 0 Å². The SMILES string of the molecule is Cc1ccc(-c2ccc3c(c2)-c2ccccc2C32c3ccccc3-c3ccccc32)cc1.Cc1ccc(-c2ccc3c(c2)C2(c4ccccc4-c4ccccc42)c2ccccc2-3)cc1.Cc1ccc(-c2cccc3c2-c2ccccc2C32c3ccccc3-c3ccccc32)cc1.Cc1ccc(-c2cccc3c2C2(c4ccccc4-c4ccccc42)c2ccccc2-3)cc1. The molecule has 0 heterocycles. The minimum atomic E-state index is -0.291. The summed E-state index contributed by atoms with van der Waals surface area (Å²) in [6, 6.07) is 171. The van der Waals surface area contributed by atoms with E-state index < -0.39 is 0 Å². The molecule has 0 N–H and O–H groups in total. The molecule has 20 aromatic carbocycles. The van der Waals surface area contributed by atoms with Crippen LogP contribution in [-0.2, 0) is 21.7 Å². The Kier molecular flexibility index (Phi) is 17.0. The van der Waals surface area contributed by atoms with Gasteiger partial charge in [-0.25, -0.2) is 0 Å². The van der Waals surface area contributed by atoms with Crippen LogP contribution in [0.5, 0.6) is 0 Å². The van der Waals surface area contributed by atoms with E-state index in [4.69, 9.17) is 0 Å². The van der Waals surface area contributed by atoms with Crippen LogP contribution in [0.4, 0.5) is 0 Å². The molecule has 0 amide bonds. The van der Waals surface area contributed by atoms with E-state index in [1.165, 1.54) is 245 Å². The van der Waals surface area contributed by atoms with E-state index in [-0.39, 0.29) is 21.7 Å². The molecule has 8 aliphatic carbocycles. The van der Waals surface area contributed by atoms with Crippen LogP contribution in [0.2, 0.25) is 0 Å². The first-order chi connectivity index (χ1) is 63.2. The van der Waals surface area contributed by atoms with Crippen molar-refractivity contribution in [3.8, 4) is 134 Å². The summed E-state index contributed by atoms with van der Waals surface area (Å²) in [5, 5.41) is 0. The van der Waals surface area contributed by atoms with Crippen LogP contribution < -0.4 is 0 Å². The molecular formula is C128H88. The number of fused-ring (bicyclic) bond motifs is 40. The summed E-state index contributed by atoms with van der Waals surface area (Å²) >= 11 is 0. The topological polar surface area (TPSA) is 0 Å². The number of rotatable bonds is 4. The van der Waals surface area contributed by atoms with Gasteiger partial charge in [-0.1, -0.05) is 471 Å². The van der Waals surface area contributed by atoms with Gasteiger partial charge in [0, 0.05) is 0 Å². The lowest BCUT2D eigenvalue weighted by molar-refractivity contribution is 0.794. The van der Waals surface area contributed by atoms with Crippen LogP contribution in [0.15, 0.2) is 461 Å². The van der Waals surface area contributed by atoms with Crippen LogP contribution in [0.3, 0.4) is 0 Å². The van der Waals surface area contributed by atoms with Gasteiger partial charge in [-0.2, -0.15) is 0 Å². The van der Waals surface area contributed by atoms with E-state index in [1.54, 1.807) is 0 Å². The average Bonchev–Trinajstić information content (AvgIpc) is 1.52. The highest BCUT2D eigenvalue weighted by atomic mass is 14.6. The van der Waals surface area contributed by atoms with Crippen molar-refractivity contribution in [2.45, 2.75) is 49.4 Å². The van der Waals surface area contributed by atoms with Crippen molar-refractivity contribution < 1.29 is 0 Å². The number of aryl methyl sites for hydroxylation is 4. The first-order valence-electron chi connectivity index (χ1n) is 45.2. The molecule has 0 fully saturated rings. The maximum atomic E-state index is 2.44. The van der Waals surface area contributed by atoms with Crippen LogP contribution in [0.1, 0.15) is 111 Å². The first kappa shape index (κ1) is 75.0. The molecule has 0 atom stereocenters. The third-order valence-electron chi connectivity index (χ3n) is 29.5. The molecule has 0 unspecified atom stereocenters. The Labute approximate surface area is 749 Å². The number of benzene rings is 20. The third kappa shape index (κ3) is 10.5. The zero-order chi connectivity index (χ0) is 85.1. The zero-order valence-corrected chi connectivity index (χ0v) is 71.9. The van der Waals surface area contributed by atoms with Crippen molar-refractivity contribution in [3.63, 3.8) is 0 Å². The second kappa shape index (κ2) is 29.0. The summed E-state index contributed by atoms with van der Waals surface area (Å²) in [6.07, 6.45) is 0. The van der Waals surface area contributed by atoms with Crippen molar-refractivity contribution in [2.75, 3.05) is 0 Å². The van der Waals surface area contributed by atoms with Gasteiger partial charge in [-0.05, 0) is 262 Å². The molecule has 20 aromatic rings. The van der Waals surface area contributed by atoms with E-state index in [1.807, 2.05) is 0 Å². The number of hydrogen-bond acceptors (Lipinski definition) is 0. The highest BCUT2D eigenvalue weighted by molar-refractivity contribution is 6.04. The fourth-order valence-electron chi connectivity index (χ4n) is 24.3. The quantitative estimate of drug-likeness (QED) is 0.165. The Morgan fingerprint density at radius 1 is 0.117 bits per heavy atom. The van der Waals surface area contributed by atoms with Gasteiger partial charge in [-0.3, -0.25) is 0 Å². The molecule has 28 rings (SSSR count). The van der Waals surface area contributed by atoms with Gasteiger partial charge in [0.15, 0.2) is 0 Å². The van der Waals surface area contributed by atoms with Gasteiger partial charge in [0.2, 0.25) is 0 Å². The van der Waals surface area contributed by atoms with Crippen LogP contribution in [-0.4, -0.2) is 0 Å². The zero-order valence-electron chi connectivity index (χ0n) is 71.9. The van der Waals surface area contributed by atoms with Gasteiger partial charge < -0.3 is 0 Å². The molecule has 0 nitrogen and oxygen atoms in total. The molecule has 0 radical (unpaired) electrons. The molecule has 128 heavy (non-hydrogen) atoms. The Bertz CT molecular complexity index is 7630. The summed E-state index contributed by atoms with van der Waals surface area (Å²) in [6.45, 7) is 8.59. The molecule has 4 spiro atoms. The first-order valence-corrected chi connectivity index (χ1v) is 45.2. The van der Waals surface area contributed by atoms with Crippen molar-refractivity contribution >= 4 is 0 Å². The van der Waals surface area contributed by atoms with Gasteiger partial charge in [0.25, 0.3) is 0 Å². The van der Waals surface area contributed by atoms with Crippen molar-refractivity contribution in [1.29, 1.82) is 0 Å². The predicted octanol–water partition coefficient (Wildman–Crippen LogP) is 32.0. The molecule has 0 bridgehead atoms. The van der Waals surface area contributed by atoms with Crippen molar-refractivity contribution in [2.24, 2.45) is 0 Å². The minimum Gasteiger partial charge on any atom is -0.0619 e. The molecule has 0 saturated heterocycles. The Balaban J connectivity index is 0.0000000926. The van der Waals surface area contributed by atoms with Gasteiger partial charge in [-0.15, -0.1) is 0 Å². The standard InChI is InChI=1S/4C32H22/c1-21-17-19-22(20-18-21)23-12-8-13-27-26-11-4-7-16-30(26)32(31(23)27)28-14-5-2-9-24(28)25-10-3-6-15-29(25)32;1-21-17-19-22(20-18-21)23-12-8-16-30-31(23)26-11-4-7-15-29(26)32(30)27-13-5-2-9-24(27)25-10-3-6-14-28(25)32;1-21-14-16-22(17-15-21)23-18-19-31-27(20-23)26-10-4-7-13-30(26)32(31)28-11-5-2-8-24(28)25-9-3-6-12-29(25)32;1-21-14-16-22(17-15-21)23-18-19-27-26-10-4-7-13-30(26)32(31(27)20-23)28-11-5-2-8-24(28)25-9-3-6-12-29(25)32/h4*2-20H,1H3. The molecule has 8 aliphatic rings. The summed E-state index contributed by atoms with van der Waals surface area (Å²) in [4.78, 5) is 0. The largest absolute Gasteiger partial charge is 0.0731 e. The van der Waals surface area contributed by atoms with Gasteiger partial charge >= 0.3 is 0 Å².